The quantitative estimate of drug-likeness (QED) is 0.810. The van der Waals surface area contributed by atoms with Crippen molar-refractivity contribution >= 4 is 11.9 Å². The molecule has 0 N–H and O–H groups in total. The summed E-state index contributed by atoms with van der Waals surface area (Å²) in [5.41, 5.74) is 5.88. The Labute approximate surface area is 171 Å². The van der Waals surface area contributed by atoms with Crippen molar-refractivity contribution in [1.82, 2.24) is 14.7 Å². The summed E-state index contributed by atoms with van der Waals surface area (Å²) in [5.74, 6) is 1.21. The summed E-state index contributed by atoms with van der Waals surface area (Å²) >= 11 is 0. The second-order valence-electron chi connectivity index (χ2n) is 8.00. The second kappa shape index (κ2) is 7.39. The molecule has 0 bridgehead atoms. The maximum absolute atomic E-state index is 13.4. The van der Waals surface area contributed by atoms with E-state index in [9.17, 15) is 4.79 Å². The third-order valence-corrected chi connectivity index (χ3v) is 6.13. The summed E-state index contributed by atoms with van der Waals surface area (Å²) in [5, 5.41) is 0. The molecule has 0 saturated carbocycles. The number of fused-ring (bicyclic) bond motifs is 2. The summed E-state index contributed by atoms with van der Waals surface area (Å²) in [7, 11) is 0. The lowest BCUT2D eigenvalue weighted by Gasteiger charge is -2.43. The molecule has 0 aliphatic carbocycles. The average molecular weight is 386 g/mol. The van der Waals surface area contributed by atoms with Crippen LogP contribution in [-0.2, 0) is 17.9 Å². The van der Waals surface area contributed by atoms with E-state index in [0.29, 0.717) is 13.1 Å². The van der Waals surface area contributed by atoms with Gasteiger partial charge in [0.1, 0.15) is 0 Å². The highest BCUT2D eigenvalue weighted by Crippen LogP contribution is 2.32. The van der Waals surface area contributed by atoms with Crippen LogP contribution < -0.4 is 0 Å². The third-order valence-electron chi connectivity index (χ3n) is 6.13. The molecule has 2 aromatic carbocycles. The van der Waals surface area contributed by atoms with Crippen LogP contribution >= 0.6 is 0 Å². The molecule has 0 atom stereocenters. The van der Waals surface area contributed by atoms with Gasteiger partial charge in [0.2, 0.25) is 5.96 Å². The van der Waals surface area contributed by atoms with Crippen LogP contribution in [0.3, 0.4) is 0 Å². The zero-order valence-corrected chi connectivity index (χ0v) is 16.8. The molecule has 5 nitrogen and oxygen atoms in total. The first-order chi connectivity index (χ1) is 14.2. The van der Waals surface area contributed by atoms with Crippen molar-refractivity contribution in [2.45, 2.75) is 26.4 Å². The Balaban J connectivity index is 1.42. The SMILES string of the molecule is Cc1ccccc1CN1CC2=C(CCN(Cc3ccccc3)C2=O)N2CCN=C12. The normalized spacial score (nSPS) is 18.7. The first-order valence-electron chi connectivity index (χ1n) is 10.4. The Morgan fingerprint density at radius 1 is 0.931 bits per heavy atom. The number of hydrogen-bond donors (Lipinski definition) is 0. The maximum Gasteiger partial charge on any atom is 0.253 e. The van der Waals surface area contributed by atoms with Gasteiger partial charge in [-0.1, -0.05) is 54.6 Å². The largest absolute Gasteiger partial charge is 0.334 e. The van der Waals surface area contributed by atoms with Gasteiger partial charge < -0.3 is 14.7 Å². The van der Waals surface area contributed by atoms with Crippen LogP contribution in [-0.4, -0.2) is 52.7 Å². The molecule has 3 heterocycles. The highest BCUT2D eigenvalue weighted by atomic mass is 16.2. The Morgan fingerprint density at radius 2 is 1.72 bits per heavy atom. The fourth-order valence-electron chi connectivity index (χ4n) is 4.56. The van der Waals surface area contributed by atoms with E-state index in [0.717, 1.165) is 44.1 Å². The van der Waals surface area contributed by atoms with E-state index >= 15 is 0 Å². The van der Waals surface area contributed by atoms with Crippen LogP contribution in [0.4, 0.5) is 0 Å². The van der Waals surface area contributed by atoms with Gasteiger partial charge in [0.05, 0.1) is 18.7 Å². The van der Waals surface area contributed by atoms with Crippen molar-refractivity contribution in [3.8, 4) is 0 Å². The molecule has 29 heavy (non-hydrogen) atoms. The van der Waals surface area contributed by atoms with Gasteiger partial charge in [0.15, 0.2) is 0 Å². The van der Waals surface area contributed by atoms with Gasteiger partial charge in [-0.2, -0.15) is 0 Å². The molecule has 0 saturated heterocycles. The topological polar surface area (TPSA) is 39.1 Å². The smallest absolute Gasteiger partial charge is 0.253 e. The fraction of sp³-hybridized carbons (Fsp3) is 0.333. The van der Waals surface area contributed by atoms with Crippen LogP contribution in [0.25, 0.3) is 0 Å². The van der Waals surface area contributed by atoms with E-state index in [-0.39, 0.29) is 5.91 Å². The number of aliphatic imine (C=N–C) groups is 1. The molecule has 2 aromatic rings. The number of carbonyl (C=O) groups excluding carboxylic acids is 1. The minimum absolute atomic E-state index is 0.177. The van der Waals surface area contributed by atoms with Crippen LogP contribution in [0.15, 0.2) is 70.9 Å². The summed E-state index contributed by atoms with van der Waals surface area (Å²) in [6, 6.07) is 18.7. The van der Waals surface area contributed by atoms with Crippen molar-refractivity contribution < 1.29 is 4.79 Å². The van der Waals surface area contributed by atoms with Crippen LogP contribution in [0.1, 0.15) is 23.1 Å². The lowest BCUT2D eigenvalue weighted by molar-refractivity contribution is -0.129. The molecule has 1 amide bonds. The van der Waals surface area contributed by atoms with Crippen molar-refractivity contribution in [3.63, 3.8) is 0 Å². The minimum Gasteiger partial charge on any atom is -0.334 e. The average Bonchev–Trinajstić information content (AvgIpc) is 3.23. The Hall–Kier alpha value is -3.08. The summed E-state index contributed by atoms with van der Waals surface area (Å²) in [6.07, 6.45) is 0.908. The Kier molecular flexibility index (Phi) is 4.58. The summed E-state index contributed by atoms with van der Waals surface area (Å²) in [6.45, 7) is 6.70. The first kappa shape index (κ1) is 18.0. The zero-order valence-electron chi connectivity index (χ0n) is 16.8. The molecule has 0 radical (unpaired) electrons. The maximum atomic E-state index is 13.4. The monoisotopic (exact) mass is 386 g/mol. The number of benzene rings is 2. The van der Waals surface area contributed by atoms with Gasteiger partial charge in [0.25, 0.3) is 5.91 Å². The minimum atomic E-state index is 0.177. The predicted octanol–water partition coefficient (Wildman–Crippen LogP) is 3.17. The van der Waals surface area contributed by atoms with Gasteiger partial charge in [-0.3, -0.25) is 9.79 Å². The molecule has 0 spiro atoms. The number of amides is 1. The zero-order chi connectivity index (χ0) is 19.8. The molecule has 0 fully saturated rings. The Morgan fingerprint density at radius 3 is 2.55 bits per heavy atom. The standard InChI is InChI=1S/C24H26N4O/c1-18-7-5-6-10-20(18)16-27-17-21-22(28-14-12-25-24(27)28)11-13-26(23(21)29)15-19-8-3-2-4-9-19/h2-10H,11-17H2,1H3. The number of carbonyl (C=O) groups is 1. The van der Waals surface area contributed by atoms with E-state index < -0.39 is 0 Å². The van der Waals surface area contributed by atoms with E-state index in [1.807, 2.05) is 23.1 Å². The van der Waals surface area contributed by atoms with Crippen LogP contribution in [0.2, 0.25) is 0 Å². The lowest BCUT2D eigenvalue weighted by Crippen LogP contribution is -2.52. The number of rotatable bonds is 4. The van der Waals surface area contributed by atoms with Crippen LogP contribution in [0.5, 0.6) is 0 Å². The Bertz CT molecular complexity index is 995. The van der Waals surface area contributed by atoms with Gasteiger partial charge in [-0.15, -0.1) is 0 Å². The van der Waals surface area contributed by atoms with Crippen molar-refractivity contribution in [1.29, 1.82) is 0 Å². The van der Waals surface area contributed by atoms with Crippen molar-refractivity contribution in [2.75, 3.05) is 26.2 Å². The van der Waals surface area contributed by atoms with Crippen LogP contribution in [0, 0.1) is 6.92 Å². The van der Waals surface area contributed by atoms with Gasteiger partial charge in [0, 0.05) is 38.3 Å². The first-order valence-corrected chi connectivity index (χ1v) is 10.4. The van der Waals surface area contributed by atoms with E-state index in [1.54, 1.807) is 0 Å². The van der Waals surface area contributed by atoms with Crippen molar-refractivity contribution in [3.05, 3.63) is 82.6 Å². The molecule has 3 aliphatic rings. The van der Waals surface area contributed by atoms with Crippen molar-refractivity contribution in [2.24, 2.45) is 4.99 Å². The lowest BCUT2D eigenvalue weighted by atomic mass is 9.99. The molecule has 3 aliphatic heterocycles. The second-order valence-corrected chi connectivity index (χ2v) is 8.00. The molecular weight excluding hydrogens is 360 g/mol. The molecule has 0 unspecified atom stereocenters. The summed E-state index contributed by atoms with van der Waals surface area (Å²) in [4.78, 5) is 24.7. The summed E-state index contributed by atoms with van der Waals surface area (Å²) < 4.78 is 0. The van der Waals surface area contributed by atoms with Gasteiger partial charge >= 0.3 is 0 Å². The predicted molar refractivity (Wildman–Crippen MR) is 114 cm³/mol. The fourth-order valence-corrected chi connectivity index (χ4v) is 4.56. The third kappa shape index (κ3) is 3.31. The number of guanidine groups is 1. The molecule has 0 aromatic heterocycles. The van der Waals surface area contributed by atoms with E-state index in [1.165, 1.54) is 22.4 Å². The van der Waals surface area contributed by atoms with E-state index in [4.69, 9.17) is 4.99 Å². The van der Waals surface area contributed by atoms with Gasteiger partial charge in [-0.05, 0) is 23.6 Å². The number of aryl methyl sites for hydroxylation is 1. The molecular formula is C24H26N4O. The number of hydrogen-bond acceptors (Lipinski definition) is 4. The molecule has 5 heteroatoms. The van der Waals surface area contributed by atoms with E-state index in [2.05, 4.69) is 53.1 Å². The molecule has 148 valence electrons. The number of nitrogens with zero attached hydrogens (tertiary/aromatic N) is 4. The highest BCUT2D eigenvalue weighted by molar-refractivity contribution is 5.99. The van der Waals surface area contributed by atoms with Gasteiger partial charge in [-0.25, -0.2) is 0 Å². The highest BCUT2D eigenvalue weighted by Gasteiger charge is 2.39. The molecule has 5 rings (SSSR count).